The fraction of sp³-hybridized carbons (Fsp3) is 0.267. The Labute approximate surface area is 145 Å². The molecule has 0 aromatic heterocycles. The van der Waals surface area contributed by atoms with Crippen molar-refractivity contribution in [2.24, 2.45) is 0 Å². The van der Waals surface area contributed by atoms with E-state index in [1.54, 1.807) is 6.92 Å². The first-order valence-corrected chi connectivity index (χ1v) is 7.77. The maximum Gasteiger partial charge on any atom is 0.341 e. The Morgan fingerprint density at radius 3 is 2.75 bits per heavy atom. The second-order valence-electron chi connectivity index (χ2n) is 4.69. The predicted molar refractivity (Wildman–Crippen MR) is 84.6 cm³/mol. The lowest BCUT2D eigenvalue weighted by atomic mass is 10.1. The topological polar surface area (TPSA) is 93.7 Å². The molecule has 0 unspecified atom stereocenters. The molecule has 0 saturated carbocycles. The van der Waals surface area contributed by atoms with E-state index in [4.69, 9.17) is 9.47 Å². The van der Waals surface area contributed by atoms with Crippen molar-refractivity contribution < 1.29 is 28.2 Å². The molecule has 0 spiro atoms. The first-order valence-electron chi connectivity index (χ1n) is 6.98. The van der Waals surface area contributed by atoms with Crippen LogP contribution in [0.15, 0.2) is 33.9 Å². The van der Waals surface area contributed by atoms with E-state index in [9.17, 15) is 18.8 Å². The molecule has 0 bridgehead atoms. The molecule has 1 heterocycles. The zero-order valence-electron chi connectivity index (χ0n) is 12.7. The van der Waals surface area contributed by atoms with Crippen molar-refractivity contribution in [3.8, 4) is 0 Å². The Balaban J connectivity index is 2.14. The number of esters is 2. The van der Waals surface area contributed by atoms with E-state index in [2.05, 4.69) is 26.6 Å². The molecule has 0 atom stereocenters. The minimum atomic E-state index is -0.919. The minimum Gasteiger partial charge on any atom is -0.463 e. The molecule has 2 rings (SSSR count). The smallest absolute Gasteiger partial charge is 0.341 e. The van der Waals surface area contributed by atoms with E-state index in [0.717, 1.165) is 6.07 Å². The number of carbonyl (C=O) groups excluding carboxylic acids is 3. The fourth-order valence-corrected chi connectivity index (χ4v) is 2.30. The third kappa shape index (κ3) is 4.31. The summed E-state index contributed by atoms with van der Waals surface area (Å²) in [6.45, 7) is 1.35. The van der Waals surface area contributed by atoms with Gasteiger partial charge < -0.3 is 20.1 Å². The molecular weight excluding hydrogens is 387 g/mol. The van der Waals surface area contributed by atoms with E-state index < -0.39 is 30.4 Å². The second-order valence-corrected chi connectivity index (χ2v) is 5.60. The Bertz CT molecular complexity index is 720. The normalized spacial score (nSPS) is 13.9. The molecule has 1 aromatic carbocycles. The monoisotopic (exact) mass is 400 g/mol. The number of hydrogen-bond donors (Lipinski definition) is 2. The number of urea groups is 1. The number of benzene rings is 1. The van der Waals surface area contributed by atoms with Crippen LogP contribution in [0, 0.1) is 5.82 Å². The van der Waals surface area contributed by atoms with Gasteiger partial charge in [-0.15, -0.1) is 0 Å². The van der Waals surface area contributed by atoms with Crippen LogP contribution in [0.5, 0.6) is 0 Å². The van der Waals surface area contributed by atoms with E-state index in [1.807, 2.05) is 0 Å². The molecular formula is C15H14BrFN2O5. The van der Waals surface area contributed by atoms with Crippen molar-refractivity contribution >= 4 is 33.9 Å². The highest BCUT2D eigenvalue weighted by Crippen LogP contribution is 2.17. The summed E-state index contributed by atoms with van der Waals surface area (Å²) in [5.41, 5.74) is -0.0251. The van der Waals surface area contributed by atoms with Gasteiger partial charge in [0.1, 0.15) is 12.4 Å². The molecule has 2 amide bonds. The lowest BCUT2D eigenvalue weighted by Gasteiger charge is -2.21. The van der Waals surface area contributed by atoms with E-state index in [-0.39, 0.29) is 30.0 Å². The molecule has 1 aliphatic rings. The summed E-state index contributed by atoms with van der Waals surface area (Å²) in [6.07, 6.45) is 0. The summed E-state index contributed by atoms with van der Waals surface area (Å²) < 4.78 is 24.1. The summed E-state index contributed by atoms with van der Waals surface area (Å²) >= 11 is 3.14. The van der Waals surface area contributed by atoms with Crippen molar-refractivity contribution in [3.63, 3.8) is 0 Å². The molecule has 2 N–H and O–H groups in total. The number of carbonyl (C=O) groups is 3. The fourth-order valence-electron chi connectivity index (χ4n) is 1.94. The molecule has 7 nitrogen and oxygen atoms in total. The van der Waals surface area contributed by atoms with Crippen molar-refractivity contribution in [1.29, 1.82) is 0 Å². The summed E-state index contributed by atoms with van der Waals surface area (Å²) in [7, 11) is 0. The summed E-state index contributed by atoms with van der Waals surface area (Å²) in [4.78, 5) is 35.2. The van der Waals surface area contributed by atoms with E-state index in [1.165, 1.54) is 12.1 Å². The van der Waals surface area contributed by atoms with E-state index >= 15 is 0 Å². The standard InChI is InChI=1S/C15H14BrFN2O5/c1-2-23-14(21)10-6-18-15(22)19-12(10)7-24-13(20)9-5-8(16)3-4-11(9)17/h3-5H,2,6-7H2,1H3,(H2,18,19,22). The number of rotatable bonds is 5. The van der Waals surface area contributed by atoms with Gasteiger partial charge in [-0.25, -0.2) is 18.8 Å². The van der Waals surface area contributed by atoms with Gasteiger partial charge >= 0.3 is 18.0 Å². The average molecular weight is 401 g/mol. The second kappa shape index (κ2) is 7.91. The van der Waals surface area contributed by atoms with Gasteiger partial charge in [-0.3, -0.25) is 0 Å². The van der Waals surface area contributed by atoms with Gasteiger partial charge in [0.25, 0.3) is 0 Å². The zero-order valence-corrected chi connectivity index (χ0v) is 14.2. The predicted octanol–water partition coefficient (Wildman–Crippen LogP) is 1.88. The molecule has 9 heteroatoms. The molecule has 128 valence electrons. The lowest BCUT2D eigenvalue weighted by molar-refractivity contribution is -0.138. The number of nitrogens with one attached hydrogen (secondary N) is 2. The Morgan fingerprint density at radius 2 is 2.04 bits per heavy atom. The Hall–Kier alpha value is -2.42. The van der Waals surface area contributed by atoms with Crippen LogP contribution >= 0.6 is 15.9 Å². The van der Waals surface area contributed by atoms with Gasteiger partial charge in [0.15, 0.2) is 0 Å². The summed E-state index contributed by atoms with van der Waals surface area (Å²) in [5.74, 6) is -2.29. The molecule has 0 fully saturated rings. The lowest BCUT2D eigenvalue weighted by Crippen LogP contribution is -2.45. The first kappa shape index (κ1) is 17.9. The van der Waals surface area contributed by atoms with Crippen molar-refractivity contribution in [3.05, 3.63) is 45.3 Å². The maximum absolute atomic E-state index is 13.7. The number of ether oxygens (including phenoxy) is 2. The Morgan fingerprint density at radius 1 is 1.29 bits per heavy atom. The Kier molecular flexibility index (Phi) is 5.91. The quantitative estimate of drug-likeness (QED) is 0.735. The number of halogens is 2. The van der Waals surface area contributed by atoms with Gasteiger partial charge in [0.2, 0.25) is 0 Å². The third-order valence-electron chi connectivity index (χ3n) is 3.07. The van der Waals surface area contributed by atoms with E-state index in [0.29, 0.717) is 4.47 Å². The third-order valence-corrected chi connectivity index (χ3v) is 3.57. The molecule has 1 aliphatic heterocycles. The van der Waals surface area contributed by atoms with Crippen molar-refractivity contribution in [2.45, 2.75) is 6.92 Å². The van der Waals surface area contributed by atoms with Crippen LogP contribution in [0.2, 0.25) is 0 Å². The maximum atomic E-state index is 13.7. The van der Waals surface area contributed by atoms with Crippen LogP contribution < -0.4 is 10.6 Å². The molecule has 0 saturated heterocycles. The van der Waals surface area contributed by atoms with Crippen LogP contribution in [0.1, 0.15) is 17.3 Å². The van der Waals surface area contributed by atoms with Crippen LogP contribution in [-0.4, -0.2) is 37.7 Å². The van der Waals surface area contributed by atoms with Crippen LogP contribution in [-0.2, 0) is 14.3 Å². The highest BCUT2D eigenvalue weighted by atomic mass is 79.9. The highest BCUT2D eigenvalue weighted by molar-refractivity contribution is 9.10. The van der Waals surface area contributed by atoms with Gasteiger partial charge in [-0.1, -0.05) is 15.9 Å². The minimum absolute atomic E-state index is 0.0528. The van der Waals surface area contributed by atoms with Crippen LogP contribution in [0.4, 0.5) is 9.18 Å². The van der Waals surface area contributed by atoms with Crippen molar-refractivity contribution in [1.82, 2.24) is 10.6 Å². The number of amides is 2. The molecule has 1 aromatic rings. The summed E-state index contributed by atoms with van der Waals surface area (Å²) in [6, 6.07) is 3.30. The molecule has 0 radical (unpaired) electrons. The highest BCUT2D eigenvalue weighted by Gasteiger charge is 2.25. The van der Waals surface area contributed by atoms with Crippen LogP contribution in [0.3, 0.4) is 0 Å². The largest absolute Gasteiger partial charge is 0.463 e. The molecule has 0 aliphatic carbocycles. The molecule has 24 heavy (non-hydrogen) atoms. The summed E-state index contributed by atoms with van der Waals surface area (Å²) in [5, 5.41) is 4.81. The van der Waals surface area contributed by atoms with Crippen molar-refractivity contribution in [2.75, 3.05) is 19.8 Å². The van der Waals surface area contributed by atoms with Crippen LogP contribution in [0.25, 0.3) is 0 Å². The van der Waals surface area contributed by atoms with Gasteiger partial charge in [-0.05, 0) is 25.1 Å². The number of hydrogen-bond acceptors (Lipinski definition) is 5. The van der Waals surface area contributed by atoms with Gasteiger partial charge in [0, 0.05) is 4.47 Å². The first-order chi connectivity index (χ1) is 11.4. The van der Waals surface area contributed by atoms with Gasteiger partial charge in [0.05, 0.1) is 30.0 Å². The van der Waals surface area contributed by atoms with Gasteiger partial charge in [-0.2, -0.15) is 0 Å². The average Bonchev–Trinajstić information content (AvgIpc) is 2.55. The SMILES string of the molecule is CCOC(=O)C1=C(COC(=O)c2cc(Br)ccc2F)NC(=O)NC1. The zero-order chi connectivity index (χ0) is 17.7.